The lowest BCUT2D eigenvalue weighted by atomic mass is 10.1. The van der Waals surface area contributed by atoms with Gasteiger partial charge in [0.2, 0.25) is 10.0 Å². The molecule has 0 aromatic heterocycles. The Labute approximate surface area is 136 Å². The van der Waals surface area contributed by atoms with E-state index >= 15 is 0 Å². The summed E-state index contributed by atoms with van der Waals surface area (Å²) in [5.41, 5.74) is 0.879. The maximum atomic E-state index is 12.5. The molecule has 6 heteroatoms. The van der Waals surface area contributed by atoms with Crippen LogP contribution in [0.3, 0.4) is 0 Å². The molecular weight excluding hydrogens is 322 g/mol. The molecular formula is C16H18ClNO3S. The molecule has 1 unspecified atom stereocenters. The zero-order valence-corrected chi connectivity index (χ0v) is 14.0. The van der Waals surface area contributed by atoms with Crippen LogP contribution in [0.1, 0.15) is 24.9 Å². The Bertz CT molecular complexity index is 712. The van der Waals surface area contributed by atoms with Gasteiger partial charge in [0, 0.05) is 11.1 Å². The molecule has 118 valence electrons. The van der Waals surface area contributed by atoms with Crippen molar-refractivity contribution in [3.8, 4) is 5.75 Å². The van der Waals surface area contributed by atoms with Crippen molar-refractivity contribution < 1.29 is 13.2 Å². The Kier molecular flexibility index (Phi) is 5.45. The number of rotatable bonds is 6. The quantitative estimate of drug-likeness (QED) is 0.871. The minimum atomic E-state index is -3.59. The average molecular weight is 340 g/mol. The van der Waals surface area contributed by atoms with E-state index in [1.165, 1.54) is 19.2 Å². The first-order valence-corrected chi connectivity index (χ1v) is 8.74. The molecule has 0 bridgehead atoms. The SMILES string of the molecule is CCC(NS(=O)(=O)c1ccc(OC)cc1)c1ccc(Cl)cc1. The lowest BCUT2D eigenvalue weighted by Crippen LogP contribution is -2.28. The molecule has 2 rings (SSSR count). The van der Waals surface area contributed by atoms with E-state index in [0.29, 0.717) is 17.2 Å². The third-order valence-electron chi connectivity index (χ3n) is 3.35. The van der Waals surface area contributed by atoms with Crippen molar-refractivity contribution in [1.29, 1.82) is 0 Å². The van der Waals surface area contributed by atoms with E-state index in [1.54, 1.807) is 24.3 Å². The van der Waals surface area contributed by atoms with Gasteiger partial charge in [0.15, 0.2) is 0 Å². The first kappa shape index (κ1) is 16.8. The molecule has 22 heavy (non-hydrogen) atoms. The van der Waals surface area contributed by atoms with Crippen molar-refractivity contribution >= 4 is 21.6 Å². The van der Waals surface area contributed by atoms with Gasteiger partial charge in [0.25, 0.3) is 0 Å². The second-order valence-corrected chi connectivity index (χ2v) is 6.96. The minimum absolute atomic E-state index is 0.209. The second-order valence-electron chi connectivity index (χ2n) is 4.81. The number of ether oxygens (including phenoxy) is 1. The van der Waals surface area contributed by atoms with E-state index in [0.717, 1.165) is 5.56 Å². The fraction of sp³-hybridized carbons (Fsp3) is 0.250. The van der Waals surface area contributed by atoms with Gasteiger partial charge in [0.05, 0.1) is 12.0 Å². The van der Waals surface area contributed by atoms with Crippen LogP contribution in [0.4, 0.5) is 0 Å². The highest BCUT2D eigenvalue weighted by atomic mass is 35.5. The topological polar surface area (TPSA) is 55.4 Å². The highest BCUT2D eigenvalue weighted by molar-refractivity contribution is 7.89. The van der Waals surface area contributed by atoms with E-state index in [9.17, 15) is 8.42 Å². The van der Waals surface area contributed by atoms with E-state index in [-0.39, 0.29) is 10.9 Å². The molecule has 1 N–H and O–H groups in total. The molecule has 0 amide bonds. The number of nitrogens with one attached hydrogen (secondary N) is 1. The maximum absolute atomic E-state index is 12.5. The third kappa shape index (κ3) is 4.00. The highest BCUT2D eigenvalue weighted by Gasteiger charge is 2.20. The van der Waals surface area contributed by atoms with Crippen molar-refractivity contribution in [1.82, 2.24) is 4.72 Å². The third-order valence-corrected chi connectivity index (χ3v) is 5.09. The van der Waals surface area contributed by atoms with Gasteiger partial charge in [-0.1, -0.05) is 30.7 Å². The number of methoxy groups -OCH3 is 1. The van der Waals surface area contributed by atoms with Crippen LogP contribution in [-0.4, -0.2) is 15.5 Å². The fourth-order valence-electron chi connectivity index (χ4n) is 2.09. The van der Waals surface area contributed by atoms with Gasteiger partial charge < -0.3 is 4.74 Å². The number of sulfonamides is 1. The Hall–Kier alpha value is -1.56. The molecule has 1 atom stereocenters. The smallest absolute Gasteiger partial charge is 0.241 e. The standard InChI is InChI=1S/C16H18ClNO3S/c1-3-16(12-4-6-13(17)7-5-12)18-22(19,20)15-10-8-14(21-2)9-11-15/h4-11,16,18H,3H2,1-2H3. The van der Waals surface area contributed by atoms with Crippen molar-refractivity contribution in [3.05, 3.63) is 59.1 Å². The van der Waals surface area contributed by atoms with E-state index < -0.39 is 10.0 Å². The zero-order valence-electron chi connectivity index (χ0n) is 12.4. The van der Waals surface area contributed by atoms with Crippen molar-refractivity contribution in [2.75, 3.05) is 7.11 Å². The predicted molar refractivity (Wildman–Crippen MR) is 87.8 cm³/mol. The molecule has 4 nitrogen and oxygen atoms in total. The molecule has 0 spiro atoms. The first-order valence-electron chi connectivity index (χ1n) is 6.88. The van der Waals surface area contributed by atoms with Crippen LogP contribution in [-0.2, 0) is 10.0 Å². The van der Waals surface area contributed by atoms with Crippen LogP contribution in [0.15, 0.2) is 53.4 Å². The Morgan fingerprint density at radius 3 is 2.18 bits per heavy atom. The van der Waals surface area contributed by atoms with E-state index in [2.05, 4.69) is 4.72 Å². The summed E-state index contributed by atoms with van der Waals surface area (Å²) in [7, 11) is -2.06. The van der Waals surface area contributed by atoms with Crippen LogP contribution in [0.5, 0.6) is 5.75 Å². The largest absolute Gasteiger partial charge is 0.497 e. The van der Waals surface area contributed by atoms with Crippen LogP contribution in [0.2, 0.25) is 5.02 Å². The van der Waals surface area contributed by atoms with Crippen LogP contribution in [0.25, 0.3) is 0 Å². The molecule has 0 fully saturated rings. The molecule has 0 aliphatic rings. The molecule has 0 aliphatic carbocycles. The highest BCUT2D eigenvalue weighted by Crippen LogP contribution is 2.23. The number of hydrogen-bond donors (Lipinski definition) is 1. The summed E-state index contributed by atoms with van der Waals surface area (Å²) in [6, 6.07) is 13.1. The summed E-state index contributed by atoms with van der Waals surface area (Å²) >= 11 is 5.87. The Balaban J connectivity index is 2.23. The molecule has 0 aliphatic heterocycles. The first-order chi connectivity index (χ1) is 10.5. The summed E-state index contributed by atoms with van der Waals surface area (Å²) in [6.45, 7) is 1.93. The summed E-state index contributed by atoms with van der Waals surface area (Å²) < 4.78 is 32.7. The van der Waals surface area contributed by atoms with Crippen LogP contribution < -0.4 is 9.46 Å². The molecule has 2 aromatic carbocycles. The van der Waals surface area contributed by atoms with Crippen LogP contribution in [0, 0.1) is 0 Å². The van der Waals surface area contributed by atoms with Crippen molar-refractivity contribution in [2.45, 2.75) is 24.3 Å². The van der Waals surface area contributed by atoms with E-state index in [4.69, 9.17) is 16.3 Å². The molecule has 0 saturated heterocycles. The van der Waals surface area contributed by atoms with Gasteiger partial charge in [-0.3, -0.25) is 0 Å². The predicted octanol–water partition coefficient (Wildman–Crippen LogP) is 3.78. The lowest BCUT2D eigenvalue weighted by Gasteiger charge is -2.18. The van der Waals surface area contributed by atoms with Crippen molar-refractivity contribution in [2.24, 2.45) is 0 Å². The van der Waals surface area contributed by atoms with Crippen molar-refractivity contribution in [3.63, 3.8) is 0 Å². The molecule has 0 radical (unpaired) electrons. The molecule has 2 aromatic rings. The maximum Gasteiger partial charge on any atom is 0.241 e. The number of hydrogen-bond acceptors (Lipinski definition) is 3. The Morgan fingerprint density at radius 2 is 1.68 bits per heavy atom. The Morgan fingerprint density at radius 1 is 1.09 bits per heavy atom. The monoisotopic (exact) mass is 339 g/mol. The molecule has 0 saturated carbocycles. The number of halogens is 1. The van der Waals surface area contributed by atoms with Gasteiger partial charge in [-0.25, -0.2) is 13.1 Å². The molecule has 0 heterocycles. The normalized spacial score (nSPS) is 12.9. The number of benzene rings is 2. The summed E-state index contributed by atoms with van der Waals surface area (Å²) in [5, 5.41) is 0.622. The van der Waals surface area contributed by atoms with Gasteiger partial charge >= 0.3 is 0 Å². The minimum Gasteiger partial charge on any atom is -0.497 e. The van der Waals surface area contributed by atoms with Gasteiger partial charge in [-0.15, -0.1) is 0 Å². The second kappa shape index (κ2) is 7.13. The fourth-order valence-corrected chi connectivity index (χ4v) is 3.53. The van der Waals surface area contributed by atoms with Gasteiger partial charge in [-0.2, -0.15) is 0 Å². The van der Waals surface area contributed by atoms with E-state index in [1.807, 2.05) is 19.1 Å². The van der Waals surface area contributed by atoms with Gasteiger partial charge in [0.1, 0.15) is 5.75 Å². The summed E-state index contributed by atoms with van der Waals surface area (Å²) in [4.78, 5) is 0.209. The average Bonchev–Trinajstić information content (AvgIpc) is 2.53. The summed E-state index contributed by atoms with van der Waals surface area (Å²) in [5.74, 6) is 0.615. The lowest BCUT2D eigenvalue weighted by molar-refractivity contribution is 0.414. The zero-order chi connectivity index (χ0) is 16.2. The summed E-state index contributed by atoms with van der Waals surface area (Å²) in [6.07, 6.45) is 0.636. The van der Waals surface area contributed by atoms with Gasteiger partial charge in [-0.05, 0) is 48.4 Å². The van der Waals surface area contributed by atoms with Crippen LogP contribution >= 0.6 is 11.6 Å².